The molecule has 5 nitrogen and oxygen atoms in total. The van der Waals surface area contributed by atoms with Crippen molar-refractivity contribution in [2.75, 3.05) is 4.90 Å². The smallest absolute Gasteiger partial charge is 0.270 e. The summed E-state index contributed by atoms with van der Waals surface area (Å²) in [4.78, 5) is 25.9. The first-order chi connectivity index (χ1) is 10.6. The number of carbonyl (C=O) groups is 2. The fraction of sp³-hybridized carbons (Fsp3) is 0. The molecule has 0 atom stereocenters. The number of thiocarbonyl (C=S) groups is 1. The Morgan fingerprint density at radius 3 is 2.73 bits per heavy atom. The summed E-state index contributed by atoms with van der Waals surface area (Å²) >= 11 is 8.46. The van der Waals surface area contributed by atoms with Crippen molar-refractivity contribution in [3.8, 4) is 0 Å². The number of nitrogens with zero attached hydrogens (tertiary/aromatic N) is 1. The van der Waals surface area contributed by atoms with E-state index in [4.69, 9.17) is 16.6 Å². The van der Waals surface area contributed by atoms with Gasteiger partial charge in [-0.1, -0.05) is 22.0 Å². The molecule has 2 amide bonds. The summed E-state index contributed by atoms with van der Waals surface area (Å²) < 4.78 is 5.95. The van der Waals surface area contributed by atoms with Crippen LogP contribution in [0, 0.1) is 0 Å². The largest absolute Gasteiger partial charge is 0.465 e. The van der Waals surface area contributed by atoms with Crippen molar-refractivity contribution >= 4 is 56.8 Å². The molecule has 22 heavy (non-hydrogen) atoms. The summed E-state index contributed by atoms with van der Waals surface area (Å²) in [7, 11) is 0. The molecule has 1 aliphatic heterocycles. The maximum absolute atomic E-state index is 12.6. The van der Waals surface area contributed by atoms with Crippen molar-refractivity contribution in [2.45, 2.75) is 0 Å². The molecule has 0 bridgehead atoms. The first-order valence-corrected chi connectivity index (χ1v) is 7.47. The molecule has 0 radical (unpaired) electrons. The van der Waals surface area contributed by atoms with Crippen LogP contribution >= 0.6 is 28.1 Å². The standard InChI is InChI=1S/C15H9BrN2O3S/c16-9-3-1-4-10(7-9)18-14(20)12(13(19)17-15(18)22)8-11-5-2-6-21-11/h1-8H,(H,17,19,22). The second-order valence-corrected chi connectivity index (χ2v) is 5.76. The first-order valence-electron chi connectivity index (χ1n) is 6.27. The molecule has 1 N–H and O–H groups in total. The summed E-state index contributed by atoms with van der Waals surface area (Å²) in [6.45, 7) is 0. The third kappa shape index (κ3) is 2.72. The van der Waals surface area contributed by atoms with E-state index in [9.17, 15) is 9.59 Å². The topological polar surface area (TPSA) is 62.6 Å². The van der Waals surface area contributed by atoms with Gasteiger partial charge < -0.3 is 4.42 Å². The van der Waals surface area contributed by atoms with E-state index in [1.165, 1.54) is 17.2 Å². The highest BCUT2D eigenvalue weighted by Crippen LogP contribution is 2.24. The van der Waals surface area contributed by atoms with E-state index < -0.39 is 11.8 Å². The molecule has 3 rings (SSSR count). The zero-order valence-electron chi connectivity index (χ0n) is 11.1. The minimum Gasteiger partial charge on any atom is -0.465 e. The highest BCUT2D eigenvalue weighted by molar-refractivity contribution is 9.10. The van der Waals surface area contributed by atoms with Gasteiger partial charge in [0.15, 0.2) is 5.11 Å². The van der Waals surface area contributed by atoms with Crippen LogP contribution in [0.1, 0.15) is 5.76 Å². The number of amides is 2. The summed E-state index contributed by atoms with van der Waals surface area (Å²) in [6, 6.07) is 10.4. The van der Waals surface area contributed by atoms with Crippen LogP contribution in [0.5, 0.6) is 0 Å². The number of carbonyl (C=O) groups excluding carboxylic acids is 2. The Bertz CT molecular complexity index is 799. The van der Waals surface area contributed by atoms with E-state index in [-0.39, 0.29) is 10.7 Å². The van der Waals surface area contributed by atoms with E-state index in [0.29, 0.717) is 11.4 Å². The first kappa shape index (κ1) is 14.7. The highest BCUT2D eigenvalue weighted by Gasteiger charge is 2.34. The van der Waals surface area contributed by atoms with Crippen LogP contribution in [0.4, 0.5) is 5.69 Å². The van der Waals surface area contributed by atoms with Crippen molar-refractivity contribution in [2.24, 2.45) is 0 Å². The van der Waals surface area contributed by atoms with Gasteiger partial charge in [-0.15, -0.1) is 0 Å². The lowest BCUT2D eigenvalue weighted by Crippen LogP contribution is -2.54. The van der Waals surface area contributed by atoms with Gasteiger partial charge in [-0.25, -0.2) is 0 Å². The highest BCUT2D eigenvalue weighted by atomic mass is 79.9. The van der Waals surface area contributed by atoms with Gasteiger partial charge in [0.25, 0.3) is 11.8 Å². The fourth-order valence-electron chi connectivity index (χ4n) is 2.02. The molecular formula is C15H9BrN2O3S. The zero-order chi connectivity index (χ0) is 15.7. The summed E-state index contributed by atoms with van der Waals surface area (Å²) in [5.74, 6) is -0.624. The maximum Gasteiger partial charge on any atom is 0.270 e. The molecule has 0 spiro atoms. The number of rotatable bonds is 2. The number of hydrogen-bond donors (Lipinski definition) is 1. The van der Waals surface area contributed by atoms with Crippen LogP contribution in [0.25, 0.3) is 6.08 Å². The second-order valence-electron chi connectivity index (χ2n) is 4.45. The van der Waals surface area contributed by atoms with E-state index >= 15 is 0 Å². The van der Waals surface area contributed by atoms with Gasteiger partial charge in [0.1, 0.15) is 11.3 Å². The lowest BCUT2D eigenvalue weighted by atomic mass is 10.1. The molecule has 0 saturated carbocycles. The zero-order valence-corrected chi connectivity index (χ0v) is 13.5. The predicted molar refractivity (Wildman–Crippen MR) is 89.1 cm³/mol. The minimum atomic E-state index is -0.544. The molecule has 110 valence electrons. The molecule has 2 heterocycles. The average Bonchev–Trinajstić information content (AvgIpc) is 2.96. The molecule has 1 aromatic carbocycles. The molecule has 1 saturated heterocycles. The van der Waals surface area contributed by atoms with Gasteiger partial charge in [0.05, 0.1) is 12.0 Å². The molecule has 1 aromatic heterocycles. The van der Waals surface area contributed by atoms with Crippen LogP contribution in [-0.4, -0.2) is 16.9 Å². The Hall–Kier alpha value is -2.25. The number of hydrogen-bond acceptors (Lipinski definition) is 4. The van der Waals surface area contributed by atoms with Gasteiger partial charge in [0, 0.05) is 4.47 Å². The SMILES string of the molecule is O=C1NC(=S)N(c2cccc(Br)c2)C(=O)C1=Cc1ccco1. The van der Waals surface area contributed by atoms with Crippen molar-refractivity contribution in [1.82, 2.24) is 5.32 Å². The molecule has 7 heteroatoms. The number of benzene rings is 1. The number of anilines is 1. The van der Waals surface area contributed by atoms with Crippen LogP contribution in [0.15, 0.2) is 57.1 Å². The summed E-state index contributed by atoms with van der Waals surface area (Å²) in [5, 5.41) is 2.56. The Morgan fingerprint density at radius 1 is 1.23 bits per heavy atom. The van der Waals surface area contributed by atoms with Crippen LogP contribution in [0.3, 0.4) is 0 Å². The normalized spacial score (nSPS) is 17.0. The number of nitrogens with one attached hydrogen (secondary N) is 1. The molecule has 1 fully saturated rings. The predicted octanol–water partition coefficient (Wildman–Crippen LogP) is 2.87. The van der Waals surface area contributed by atoms with Crippen LogP contribution in [0.2, 0.25) is 0 Å². The van der Waals surface area contributed by atoms with E-state index in [2.05, 4.69) is 21.2 Å². The monoisotopic (exact) mass is 376 g/mol. The van der Waals surface area contributed by atoms with E-state index in [1.54, 1.807) is 30.3 Å². The number of furan rings is 1. The second kappa shape index (κ2) is 5.86. The Labute approximate surface area is 139 Å². The van der Waals surface area contributed by atoms with Crippen LogP contribution in [-0.2, 0) is 9.59 Å². The van der Waals surface area contributed by atoms with Gasteiger partial charge in [-0.05, 0) is 48.6 Å². The van der Waals surface area contributed by atoms with Gasteiger partial charge in [-0.2, -0.15) is 0 Å². The third-order valence-electron chi connectivity index (χ3n) is 3.00. The summed E-state index contributed by atoms with van der Waals surface area (Å²) in [5.41, 5.74) is 0.526. The summed E-state index contributed by atoms with van der Waals surface area (Å²) in [6.07, 6.45) is 2.86. The van der Waals surface area contributed by atoms with Crippen molar-refractivity contribution in [1.29, 1.82) is 0 Å². The Balaban J connectivity index is 2.03. The van der Waals surface area contributed by atoms with E-state index in [0.717, 1.165) is 4.47 Å². The molecule has 1 aliphatic rings. The third-order valence-corrected chi connectivity index (χ3v) is 3.78. The lowest BCUT2D eigenvalue weighted by Gasteiger charge is -2.28. The average molecular weight is 377 g/mol. The maximum atomic E-state index is 12.6. The lowest BCUT2D eigenvalue weighted by molar-refractivity contribution is -0.122. The van der Waals surface area contributed by atoms with Crippen molar-refractivity contribution < 1.29 is 14.0 Å². The molecule has 0 unspecified atom stereocenters. The van der Waals surface area contributed by atoms with Crippen LogP contribution < -0.4 is 10.2 Å². The molecular weight excluding hydrogens is 368 g/mol. The quantitative estimate of drug-likeness (QED) is 0.497. The number of halogens is 1. The molecule has 0 aliphatic carbocycles. The van der Waals surface area contributed by atoms with Crippen molar-refractivity contribution in [3.05, 3.63) is 58.5 Å². The molecule has 2 aromatic rings. The van der Waals surface area contributed by atoms with E-state index in [1.807, 2.05) is 6.07 Å². The van der Waals surface area contributed by atoms with Gasteiger partial charge >= 0.3 is 0 Å². The van der Waals surface area contributed by atoms with Gasteiger partial charge in [0.2, 0.25) is 0 Å². The van der Waals surface area contributed by atoms with Gasteiger partial charge in [-0.3, -0.25) is 19.8 Å². The fourth-order valence-corrected chi connectivity index (χ4v) is 2.69. The minimum absolute atomic E-state index is 0.0384. The Kier molecular flexibility index (Phi) is 3.91. The van der Waals surface area contributed by atoms with Crippen molar-refractivity contribution in [3.63, 3.8) is 0 Å². The Morgan fingerprint density at radius 2 is 2.05 bits per heavy atom.